The highest BCUT2D eigenvalue weighted by atomic mass is 16.5. The average molecular weight is 345 g/mol. The molecule has 0 amide bonds. The second-order valence-corrected chi connectivity index (χ2v) is 7.28. The summed E-state index contributed by atoms with van der Waals surface area (Å²) in [6, 6.07) is 4.21. The quantitative estimate of drug-likeness (QED) is 0.792. The Balaban J connectivity index is 1.54. The van der Waals surface area contributed by atoms with Gasteiger partial charge >= 0.3 is 0 Å². The molecule has 0 bridgehead atoms. The standard InChI is InChI=1S/C18H27N5O2/c1-13(2)18-19-16(20-25-18)12-22(4)15-6-8-23(11-15)10-14-5-7-21(3)17(24)9-14/h5,7,9,13,15H,6,8,10-12H2,1-4H3/t15-/m0/s1. The molecular formula is C18H27N5O2. The molecule has 25 heavy (non-hydrogen) atoms. The van der Waals surface area contributed by atoms with Crippen molar-refractivity contribution in [3.8, 4) is 0 Å². The third-order valence-electron chi connectivity index (χ3n) is 4.81. The fraction of sp³-hybridized carbons (Fsp3) is 0.611. The van der Waals surface area contributed by atoms with Crippen molar-refractivity contribution in [2.75, 3.05) is 20.1 Å². The van der Waals surface area contributed by atoms with Crippen LogP contribution in [0, 0.1) is 0 Å². The minimum atomic E-state index is 0.0448. The summed E-state index contributed by atoms with van der Waals surface area (Å²) in [5, 5.41) is 4.08. The first-order valence-corrected chi connectivity index (χ1v) is 8.83. The van der Waals surface area contributed by atoms with Gasteiger partial charge in [-0.3, -0.25) is 14.6 Å². The van der Waals surface area contributed by atoms with Gasteiger partial charge in [-0.1, -0.05) is 19.0 Å². The van der Waals surface area contributed by atoms with E-state index in [1.165, 1.54) is 0 Å². The van der Waals surface area contributed by atoms with E-state index in [2.05, 4.69) is 27.0 Å². The summed E-state index contributed by atoms with van der Waals surface area (Å²) >= 11 is 0. The van der Waals surface area contributed by atoms with E-state index in [4.69, 9.17) is 4.52 Å². The topological polar surface area (TPSA) is 67.4 Å². The Morgan fingerprint density at radius 2 is 2.24 bits per heavy atom. The van der Waals surface area contributed by atoms with Gasteiger partial charge in [0.2, 0.25) is 5.89 Å². The smallest absolute Gasteiger partial charge is 0.250 e. The van der Waals surface area contributed by atoms with E-state index in [-0.39, 0.29) is 11.5 Å². The molecule has 1 aliphatic heterocycles. The molecule has 3 heterocycles. The zero-order valence-corrected chi connectivity index (χ0v) is 15.5. The van der Waals surface area contributed by atoms with Gasteiger partial charge in [0.05, 0.1) is 6.54 Å². The maximum atomic E-state index is 11.8. The van der Waals surface area contributed by atoms with E-state index in [1.807, 2.05) is 26.1 Å². The van der Waals surface area contributed by atoms with Crippen molar-refractivity contribution < 1.29 is 4.52 Å². The first-order chi connectivity index (χ1) is 11.9. The van der Waals surface area contributed by atoms with Crippen LogP contribution in [0.4, 0.5) is 0 Å². The Labute approximate surface area is 148 Å². The monoisotopic (exact) mass is 345 g/mol. The van der Waals surface area contributed by atoms with Crippen molar-refractivity contribution in [2.45, 2.75) is 45.3 Å². The summed E-state index contributed by atoms with van der Waals surface area (Å²) in [6.45, 7) is 7.63. The van der Waals surface area contributed by atoms with Crippen LogP contribution in [0.15, 0.2) is 27.6 Å². The Kier molecular flexibility index (Phi) is 5.34. The zero-order valence-electron chi connectivity index (χ0n) is 15.5. The molecule has 0 aliphatic carbocycles. The summed E-state index contributed by atoms with van der Waals surface area (Å²) in [5.41, 5.74) is 1.12. The largest absolute Gasteiger partial charge is 0.339 e. The molecule has 0 radical (unpaired) electrons. The van der Waals surface area contributed by atoms with Crippen LogP contribution in [0.3, 0.4) is 0 Å². The summed E-state index contributed by atoms with van der Waals surface area (Å²) in [7, 11) is 3.88. The summed E-state index contributed by atoms with van der Waals surface area (Å²) in [4.78, 5) is 20.9. The average Bonchev–Trinajstić information content (AvgIpc) is 3.20. The Morgan fingerprint density at radius 1 is 1.44 bits per heavy atom. The van der Waals surface area contributed by atoms with Gasteiger partial charge in [-0.05, 0) is 25.1 Å². The lowest BCUT2D eigenvalue weighted by molar-refractivity contribution is 0.215. The van der Waals surface area contributed by atoms with Gasteiger partial charge in [-0.15, -0.1) is 0 Å². The summed E-state index contributed by atoms with van der Waals surface area (Å²) in [5.74, 6) is 1.70. The van der Waals surface area contributed by atoms with E-state index in [1.54, 1.807) is 17.7 Å². The highest BCUT2D eigenvalue weighted by Gasteiger charge is 2.26. The molecule has 0 N–H and O–H groups in total. The van der Waals surface area contributed by atoms with Crippen molar-refractivity contribution in [3.63, 3.8) is 0 Å². The first-order valence-electron chi connectivity index (χ1n) is 8.83. The lowest BCUT2D eigenvalue weighted by Gasteiger charge is -2.23. The third-order valence-corrected chi connectivity index (χ3v) is 4.81. The van der Waals surface area contributed by atoms with Gasteiger partial charge in [0.1, 0.15) is 0 Å². The minimum Gasteiger partial charge on any atom is -0.339 e. The van der Waals surface area contributed by atoms with E-state index in [0.29, 0.717) is 18.5 Å². The molecule has 0 unspecified atom stereocenters. The molecule has 0 aromatic carbocycles. The van der Waals surface area contributed by atoms with E-state index in [9.17, 15) is 4.79 Å². The molecule has 1 fully saturated rings. The van der Waals surface area contributed by atoms with Crippen molar-refractivity contribution in [1.82, 2.24) is 24.5 Å². The number of likely N-dealkylation sites (tertiary alicyclic amines) is 1. The molecule has 1 atom stereocenters. The highest BCUT2D eigenvalue weighted by Crippen LogP contribution is 2.19. The molecule has 3 rings (SSSR count). The van der Waals surface area contributed by atoms with Gasteiger partial charge in [-0.25, -0.2) is 0 Å². The Hall–Kier alpha value is -1.99. The summed E-state index contributed by atoms with van der Waals surface area (Å²) < 4.78 is 6.88. The van der Waals surface area contributed by atoms with Crippen LogP contribution in [0.5, 0.6) is 0 Å². The molecule has 1 saturated heterocycles. The molecule has 1 aliphatic rings. The number of nitrogens with zero attached hydrogens (tertiary/aromatic N) is 5. The van der Waals surface area contributed by atoms with Gasteiger partial charge in [0.15, 0.2) is 5.82 Å². The zero-order chi connectivity index (χ0) is 18.0. The molecule has 2 aromatic heterocycles. The Morgan fingerprint density at radius 3 is 2.92 bits per heavy atom. The molecular weight excluding hydrogens is 318 g/mol. The lowest BCUT2D eigenvalue weighted by atomic mass is 10.2. The van der Waals surface area contributed by atoms with Gasteiger partial charge < -0.3 is 9.09 Å². The Bertz CT molecular complexity index is 767. The third kappa shape index (κ3) is 4.35. The number of hydrogen-bond donors (Lipinski definition) is 0. The van der Waals surface area contributed by atoms with Gasteiger partial charge in [0.25, 0.3) is 5.56 Å². The van der Waals surface area contributed by atoms with Crippen LogP contribution in [0.25, 0.3) is 0 Å². The predicted molar refractivity (Wildman–Crippen MR) is 95.2 cm³/mol. The molecule has 0 saturated carbocycles. The molecule has 136 valence electrons. The van der Waals surface area contributed by atoms with Crippen molar-refractivity contribution in [3.05, 3.63) is 46.0 Å². The number of aromatic nitrogens is 3. The number of aryl methyl sites for hydroxylation is 1. The van der Waals surface area contributed by atoms with E-state index in [0.717, 1.165) is 37.4 Å². The molecule has 0 spiro atoms. The second-order valence-electron chi connectivity index (χ2n) is 7.28. The van der Waals surface area contributed by atoms with Crippen LogP contribution >= 0.6 is 0 Å². The molecule has 7 heteroatoms. The molecule has 2 aromatic rings. The van der Waals surface area contributed by atoms with Crippen LogP contribution in [0.1, 0.15) is 43.5 Å². The number of likely N-dealkylation sites (N-methyl/N-ethyl adjacent to an activating group) is 1. The predicted octanol–water partition coefficient (Wildman–Crippen LogP) is 1.60. The van der Waals surface area contributed by atoms with E-state index >= 15 is 0 Å². The minimum absolute atomic E-state index is 0.0448. The lowest BCUT2D eigenvalue weighted by Crippen LogP contribution is -2.34. The van der Waals surface area contributed by atoms with Gasteiger partial charge in [0, 0.05) is 50.9 Å². The highest BCUT2D eigenvalue weighted by molar-refractivity contribution is 5.11. The van der Waals surface area contributed by atoms with Crippen LogP contribution < -0.4 is 5.56 Å². The molecule has 7 nitrogen and oxygen atoms in total. The number of rotatable bonds is 6. The first kappa shape index (κ1) is 17.8. The SMILES string of the molecule is CC(C)c1nc(CN(C)[C@H]2CCN(Cc3ccn(C)c(=O)c3)C2)no1. The second kappa shape index (κ2) is 7.49. The maximum absolute atomic E-state index is 11.8. The van der Waals surface area contributed by atoms with Crippen LogP contribution in [-0.4, -0.2) is 50.7 Å². The van der Waals surface area contributed by atoms with Gasteiger partial charge in [-0.2, -0.15) is 4.98 Å². The van der Waals surface area contributed by atoms with Crippen molar-refractivity contribution in [1.29, 1.82) is 0 Å². The normalized spacial score (nSPS) is 18.6. The van der Waals surface area contributed by atoms with E-state index < -0.39 is 0 Å². The maximum Gasteiger partial charge on any atom is 0.250 e. The van der Waals surface area contributed by atoms with Crippen molar-refractivity contribution >= 4 is 0 Å². The number of hydrogen-bond acceptors (Lipinski definition) is 6. The summed E-state index contributed by atoms with van der Waals surface area (Å²) in [6.07, 6.45) is 2.94. The fourth-order valence-electron chi connectivity index (χ4n) is 3.18. The van der Waals surface area contributed by atoms with Crippen LogP contribution in [0.2, 0.25) is 0 Å². The van der Waals surface area contributed by atoms with Crippen LogP contribution in [-0.2, 0) is 20.1 Å². The number of pyridine rings is 1. The fourth-order valence-corrected chi connectivity index (χ4v) is 3.18. The van der Waals surface area contributed by atoms with Crippen molar-refractivity contribution in [2.24, 2.45) is 7.05 Å².